The van der Waals surface area contributed by atoms with Gasteiger partial charge in [0.1, 0.15) is 0 Å². The molecule has 3 heterocycles. The molecule has 38 heavy (non-hydrogen) atoms. The summed E-state index contributed by atoms with van der Waals surface area (Å²) in [4.78, 5) is 24.6. The minimum Gasteiger partial charge on any atom is -0.450 e. The Balaban J connectivity index is 1.19. The Labute approximate surface area is 222 Å². The molecule has 4 aromatic rings. The van der Waals surface area contributed by atoms with E-state index in [0.29, 0.717) is 12.5 Å². The van der Waals surface area contributed by atoms with Gasteiger partial charge in [0.15, 0.2) is 5.69 Å². The molecular formula is C29H34N6O3. The molecule has 2 aromatic heterocycles. The lowest BCUT2D eigenvalue weighted by molar-refractivity contribution is 0.0995. The summed E-state index contributed by atoms with van der Waals surface area (Å²) in [5.74, 6) is 0.0497. The summed E-state index contributed by atoms with van der Waals surface area (Å²) >= 11 is 0. The Morgan fingerprint density at radius 3 is 2.47 bits per heavy atom. The van der Waals surface area contributed by atoms with Crippen LogP contribution in [-0.2, 0) is 11.3 Å². The van der Waals surface area contributed by atoms with Crippen LogP contribution in [0.1, 0.15) is 52.5 Å². The number of nitrogens with zero attached hydrogens (tertiary/aromatic N) is 4. The van der Waals surface area contributed by atoms with Crippen molar-refractivity contribution in [2.75, 3.05) is 26.2 Å². The molecule has 4 N–H and O–H groups in total. The van der Waals surface area contributed by atoms with Crippen molar-refractivity contribution in [3.63, 3.8) is 0 Å². The molecule has 0 atom stereocenters. The third-order valence-electron chi connectivity index (χ3n) is 7.39. The molecule has 1 aliphatic rings. The number of piperidine rings is 1. The summed E-state index contributed by atoms with van der Waals surface area (Å²) in [5, 5.41) is 5.46. The van der Waals surface area contributed by atoms with Crippen molar-refractivity contribution >= 4 is 22.9 Å². The quantitative estimate of drug-likeness (QED) is 0.328. The number of hydrogen-bond donors (Lipinski definition) is 2. The number of benzene rings is 2. The summed E-state index contributed by atoms with van der Waals surface area (Å²) in [6.45, 7) is 6.13. The Hall–Kier alpha value is -4.11. The van der Waals surface area contributed by atoms with Gasteiger partial charge >= 0.3 is 6.09 Å². The van der Waals surface area contributed by atoms with E-state index in [9.17, 15) is 9.59 Å². The number of ether oxygens (including phenoxy) is 1. The smallest absolute Gasteiger partial charge is 0.404 e. The van der Waals surface area contributed by atoms with Crippen LogP contribution >= 0.6 is 0 Å². The standard InChI is InChI=1S/C29H34N6O3/c1-20-17-26(28(30)36)32-35(20)25-7-8-27-24(18-25)11-15-34(27)19-21-3-5-22(6-4-21)23-9-13-33(14-10-23)12-2-16-38-29(31)37/h3-8,11,15,17-18,23H,2,9-10,12-14,16,19H2,1H3,(H2,30,36)(H2,31,37). The van der Waals surface area contributed by atoms with Crippen LogP contribution in [0.5, 0.6) is 0 Å². The maximum absolute atomic E-state index is 11.5. The topological polar surface area (TPSA) is 121 Å². The molecule has 9 heteroatoms. The van der Waals surface area contributed by atoms with E-state index >= 15 is 0 Å². The zero-order valence-corrected chi connectivity index (χ0v) is 21.7. The Morgan fingerprint density at radius 2 is 1.79 bits per heavy atom. The monoisotopic (exact) mass is 514 g/mol. The van der Waals surface area contributed by atoms with Crippen molar-refractivity contribution in [3.05, 3.63) is 83.3 Å². The number of rotatable bonds is 9. The highest BCUT2D eigenvalue weighted by Crippen LogP contribution is 2.29. The van der Waals surface area contributed by atoms with Crippen LogP contribution in [0, 0.1) is 6.92 Å². The van der Waals surface area contributed by atoms with Gasteiger partial charge in [-0.3, -0.25) is 4.79 Å². The molecule has 198 valence electrons. The SMILES string of the molecule is Cc1cc(C(N)=O)nn1-c1ccc2c(ccn2Cc2ccc(C3CCN(CCCOC(N)=O)CC3)cc2)c1. The number of carbonyl (C=O) groups excluding carboxylic acids is 2. The highest BCUT2D eigenvalue weighted by atomic mass is 16.5. The Morgan fingerprint density at radius 1 is 1.03 bits per heavy atom. The summed E-state index contributed by atoms with van der Waals surface area (Å²) in [7, 11) is 0. The molecule has 0 aliphatic carbocycles. The second-order valence-electron chi connectivity index (χ2n) is 10.0. The van der Waals surface area contributed by atoms with Crippen molar-refractivity contribution in [3.8, 4) is 5.69 Å². The summed E-state index contributed by atoms with van der Waals surface area (Å²) < 4.78 is 8.82. The second-order valence-corrected chi connectivity index (χ2v) is 10.0. The molecule has 2 amide bonds. The first-order valence-electron chi connectivity index (χ1n) is 13.1. The van der Waals surface area contributed by atoms with E-state index in [1.54, 1.807) is 10.7 Å². The zero-order valence-electron chi connectivity index (χ0n) is 21.7. The van der Waals surface area contributed by atoms with E-state index in [0.717, 1.165) is 67.7 Å². The van der Waals surface area contributed by atoms with Gasteiger partial charge in [-0.2, -0.15) is 5.10 Å². The van der Waals surface area contributed by atoms with E-state index in [1.807, 2.05) is 13.0 Å². The largest absolute Gasteiger partial charge is 0.450 e. The number of aromatic nitrogens is 3. The van der Waals surface area contributed by atoms with Crippen LogP contribution in [0.25, 0.3) is 16.6 Å². The highest BCUT2D eigenvalue weighted by molar-refractivity contribution is 5.91. The van der Waals surface area contributed by atoms with Crippen molar-refractivity contribution in [2.24, 2.45) is 11.5 Å². The minimum absolute atomic E-state index is 0.265. The fraction of sp³-hybridized carbons (Fsp3) is 0.345. The molecule has 1 saturated heterocycles. The van der Waals surface area contributed by atoms with Crippen LogP contribution in [0.4, 0.5) is 4.79 Å². The maximum atomic E-state index is 11.5. The molecule has 2 aromatic carbocycles. The van der Waals surface area contributed by atoms with Crippen molar-refractivity contribution in [1.29, 1.82) is 0 Å². The second kappa shape index (κ2) is 11.1. The third kappa shape index (κ3) is 5.73. The van der Waals surface area contributed by atoms with Crippen molar-refractivity contribution < 1.29 is 14.3 Å². The zero-order chi connectivity index (χ0) is 26.6. The van der Waals surface area contributed by atoms with Gasteiger partial charge in [-0.15, -0.1) is 0 Å². The first-order valence-corrected chi connectivity index (χ1v) is 13.1. The predicted octanol–water partition coefficient (Wildman–Crippen LogP) is 3.95. The van der Waals surface area contributed by atoms with Gasteiger partial charge in [-0.25, -0.2) is 9.48 Å². The lowest BCUT2D eigenvalue weighted by Gasteiger charge is -2.32. The van der Waals surface area contributed by atoms with Crippen molar-refractivity contribution in [2.45, 2.75) is 38.6 Å². The number of carbonyl (C=O) groups is 2. The van der Waals surface area contributed by atoms with Gasteiger partial charge in [0.2, 0.25) is 0 Å². The predicted molar refractivity (Wildman–Crippen MR) is 146 cm³/mol. The van der Waals surface area contributed by atoms with E-state index in [2.05, 4.69) is 63.2 Å². The molecule has 0 unspecified atom stereocenters. The molecule has 9 nitrogen and oxygen atoms in total. The van der Waals surface area contributed by atoms with Crippen LogP contribution in [0.3, 0.4) is 0 Å². The van der Waals surface area contributed by atoms with Gasteiger partial charge in [0.25, 0.3) is 5.91 Å². The number of fused-ring (bicyclic) bond motifs is 1. The summed E-state index contributed by atoms with van der Waals surface area (Å²) in [6.07, 6.45) is 4.50. The van der Waals surface area contributed by atoms with E-state index in [1.165, 1.54) is 11.1 Å². The Kier molecular flexibility index (Phi) is 7.46. The van der Waals surface area contributed by atoms with Crippen molar-refractivity contribution in [1.82, 2.24) is 19.2 Å². The van der Waals surface area contributed by atoms with Crippen LogP contribution in [0.15, 0.2) is 60.8 Å². The van der Waals surface area contributed by atoms with Gasteiger partial charge in [-0.05, 0) is 86.7 Å². The molecular weight excluding hydrogens is 480 g/mol. The molecule has 0 spiro atoms. The average molecular weight is 515 g/mol. The molecule has 5 rings (SSSR count). The number of amides is 2. The van der Waals surface area contributed by atoms with Gasteiger partial charge in [0, 0.05) is 35.9 Å². The number of aryl methyl sites for hydroxylation is 1. The van der Waals surface area contributed by atoms with Gasteiger partial charge in [0.05, 0.1) is 12.3 Å². The number of primary amides is 2. The van der Waals surface area contributed by atoms with Gasteiger partial charge < -0.3 is 25.7 Å². The number of likely N-dealkylation sites (tertiary alicyclic amines) is 1. The molecule has 0 bridgehead atoms. The fourth-order valence-electron chi connectivity index (χ4n) is 5.36. The summed E-state index contributed by atoms with van der Waals surface area (Å²) in [5.41, 5.74) is 16.2. The lowest BCUT2D eigenvalue weighted by atomic mass is 9.89. The minimum atomic E-state index is -0.701. The van der Waals surface area contributed by atoms with Crippen LogP contribution in [-0.4, -0.2) is 57.5 Å². The lowest BCUT2D eigenvalue weighted by Crippen LogP contribution is -2.34. The van der Waals surface area contributed by atoms with Gasteiger partial charge in [-0.1, -0.05) is 24.3 Å². The highest BCUT2D eigenvalue weighted by Gasteiger charge is 2.20. The molecule has 1 fully saturated rings. The average Bonchev–Trinajstić information content (AvgIpc) is 3.50. The number of nitrogens with two attached hydrogens (primary N) is 2. The van der Waals surface area contributed by atoms with Crippen LogP contribution in [0.2, 0.25) is 0 Å². The molecule has 0 saturated carbocycles. The fourth-order valence-corrected chi connectivity index (χ4v) is 5.36. The first-order chi connectivity index (χ1) is 18.4. The first kappa shape index (κ1) is 25.5. The third-order valence-corrected chi connectivity index (χ3v) is 7.39. The van der Waals surface area contributed by atoms with E-state index in [-0.39, 0.29) is 5.69 Å². The molecule has 0 radical (unpaired) electrons. The normalized spacial score (nSPS) is 14.7. The summed E-state index contributed by atoms with van der Waals surface area (Å²) in [6, 6.07) is 19.0. The maximum Gasteiger partial charge on any atom is 0.404 e. The Bertz CT molecular complexity index is 1430. The molecule has 1 aliphatic heterocycles. The van der Waals surface area contributed by atoms with Crippen LogP contribution < -0.4 is 11.5 Å². The number of hydrogen-bond acceptors (Lipinski definition) is 5. The van der Waals surface area contributed by atoms with E-state index < -0.39 is 12.0 Å². The van der Waals surface area contributed by atoms with E-state index in [4.69, 9.17) is 16.2 Å².